The number of nitrogens with one attached hydrogen (secondary N) is 1. The zero-order chi connectivity index (χ0) is 15.8. The second-order valence-electron chi connectivity index (χ2n) is 5.73. The first-order valence-corrected chi connectivity index (χ1v) is 7.40. The van der Waals surface area contributed by atoms with Crippen LogP contribution in [0.15, 0.2) is 18.3 Å². The normalized spacial score (nSPS) is 12.5. The summed E-state index contributed by atoms with van der Waals surface area (Å²) in [6.07, 6.45) is 1.61. The van der Waals surface area contributed by atoms with E-state index < -0.39 is 0 Å². The summed E-state index contributed by atoms with van der Waals surface area (Å²) in [5, 5.41) is 3.31. The van der Waals surface area contributed by atoms with Crippen LogP contribution in [0.3, 0.4) is 0 Å². The number of Topliss-reactive ketones (excluding diaryl/α,β-unsaturated/α-hetero) is 1. The Morgan fingerprint density at radius 1 is 1.24 bits per heavy atom. The molecular weight excluding hydrogens is 268 g/mol. The Labute approximate surface area is 127 Å². The molecule has 5 heteroatoms. The first-order chi connectivity index (χ1) is 9.88. The highest BCUT2D eigenvalue weighted by atomic mass is 16.5. The molecule has 0 bridgehead atoms. The Morgan fingerprint density at radius 2 is 1.95 bits per heavy atom. The van der Waals surface area contributed by atoms with Gasteiger partial charge < -0.3 is 14.8 Å². The van der Waals surface area contributed by atoms with Gasteiger partial charge in [0.25, 0.3) is 0 Å². The Balaban J connectivity index is 2.41. The summed E-state index contributed by atoms with van der Waals surface area (Å²) < 4.78 is 11.1. The maximum atomic E-state index is 11.5. The monoisotopic (exact) mass is 294 g/mol. The number of nitrogens with zero attached hydrogens (tertiary/aromatic N) is 1. The lowest BCUT2D eigenvalue weighted by atomic mass is 10.1. The fraction of sp³-hybridized carbons (Fsp3) is 0.625. The lowest BCUT2D eigenvalue weighted by Gasteiger charge is -2.16. The Morgan fingerprint density at radius 3 is 2.48 bits per heavy atom. The van der Waals surface area contributed by atoms with Crippen LogP contribution in [0, 0.1) is 5.92 Å². The van der Waals surface area contributed by atoms with E-state index in [1.807, 2.05) is 20.8 Å². The van der Waals surface area contributed by atoms with E-state index in [4.69, 9.17) is 9.47 Å². The summed E-state index contributed by atoms with van der Waals surface area (Å²) in [7, 11) is 0. The molecule has 0 fully saturated rings. The molecule has 1 aromatic rings. The highest BCUT2D eigenvalue weighted by molar-refractivity contribution is 5.81. The van der Waals surface area contributed by atoms with Crippen molar-refractivity contribution < 1.29 is 14.3 Å². The first kappa shape index (κ1) is 17.4. The van der Waals surface area contributed by atoms with Crippen molar-refractivity contribution >= 4 is 5.78 Å². The smallest absolute Gasteiger partial charge is 0.213 e. The molecule has 0 aromatic carbocycles. The molecule has 1 rings (SSSR count). The number of carbonyl (C=O) groups excluding carboxylic acids is 1. The van der Waals surface area contributed by atoms with Gasteiger partial charge in [0, 0.05) is 24.6 Å². The first-order valence-electron chi connectivity index (χ1n) is 7.40. The van der Waals surface area contributed by atoms with Gasteiger partial charge in [-0.2, -0.15) is 0 Å². The van der Waals surface area contributed by atoms with Crippen molar-refractivity contribution in [3.05, 3.63) is 18.3 Å². The quantitative estimate of drug-likeness (QED) is 0.758. The number of hydrogen-bond donors (Lipinski definition) is 1. The number of carbonyl (C=O) groups is 1. The Kier molecular flexibility index (Phi) is 7.15. The molecule has 1 heterocycles. The van der Waals surface area contributed by atoms with Crippen LogP contribution in [0.4, 0.5) is 0 Å². The molecule has 1 aromatic heterocycles. The highest BCUT2D eigenvalue weighted by Gasteiger charge is 2.09. The van der Waals surface area contributed by atoms with Crippen molar-refractivity contribution in [1.29, 1.82) is 0 Å². The number of ketones is 1. The number of ether oxygens (including phenoxy) is 2. The maximum Gasteiger partial charge on any atom is 0.213 e. The zero-order valence-electron chi connectivity index (χ0n) is 13.6. The van der Waals surface area contributed by atoms with Crippen molar-refractivity contribution in [3.63, 3.8) is 0 Å². The molecule has 0 aliphatic rings. The fourth-order valence-corrected chi connectivity index (χ4v) is 1.49. The molecule has 21 heavy (non-hydrogen) atoms. The largest absolute Gasteiger partial charge is 0.484 e. The molecule has 0 aliphatic carbocycles. The van der Waals surface area contributed by atoms with Crippen molar-refractivity contribution in [2.75, 3.05) is 13.2 Å². The summed E-state index contributed by atoms with van der Waals surface area (Å²) in [4.78, 5) is 15.7. The summed E-state index contributed by atoms with van der Waals surface area (Å²) in [6.45, 7) is 10.7. The summed E-state index contributed by atoms with van der Waals surface area (Å²) in [5.74, 6) is 1.18. The molecule has 0 amide bonds. The highest BCUT2D eigenvalue weighted by Crippen LogP contribution is 2.15. The summed E-state index contributed by atoms with van der Waals surface area (Å²) in [6, 6.07) is 3.94. The Bertz CT molecular complexity index is 430. The van der Waals surface area contributed by atoms with E-state index in [1.54, 1.807) is 18.3 Å². The third-order valence-electron chi connectivity index (χ3n) is 2.87. The molecule has 0 unspecified atom stereocenters. The van der Waals surface area contributed by atoms with Gasteiger partial charge in [-0.25, -0.2) is 4.98 Å². The average Bonchev–Trinajstić information content (AvgIpc) is 2.44. The molecule has 118 valence electrons. The lowest BCUT2D eigenvalue weighted by molar-refractivity contribution is -0.123. The van der Waals surface area contributed by atoms with E-state index in [-0.39, 0.29) is 24.4 Å². The number of rotatable bonds is 9. The van der Waals surface area contributed by atoms with Crippen LogP contribution in [0.1, 0.15) is 34.6 Å². The molecule has 0 aliphatic heterocycles. The van der Waals surface area contributed by atoms with Crippen molar-refractivity contribution in [2.45, 2.75) is 46.8 Å². The van der Waals surface area contributed by atoms with Crippen LogP contribution in [-0.2, 0) is 4.79 Å². The molecule has 5 nitrogen and oxygen atoms in total. The summed E-state index contributed by atoms with van der Waals surface area (Å²) >= 11 is 0. The van der Waals surface area contributed by atoms with Crippen LogP contribution >= 0.6 is 0 Å². The fourth-order valence-electron chi connectivity index (χ4n) is 1.49. The predicted molar refractivity (Wildman–Crippen MR) is 82.8 cm³/mol. The number of aromatic nitrogens is 1. The van der Waals surface area contributed by atoms with Gasteiger partial charge in [-0.05, 0) is 13.0 Å². The van der Waals surface area contributed by atoms with E-state index >= 15 is 0 Å². The van der Waals surface area contributed by atoms with E-state index in [0.29, 0.717) is 17.7 Å². The molecule has 0 saturated heterocycles. The summed E-state index contributed by atoms with van der Waals surface area (Å²) in [5.41, 5.74) is 0. The van der Waals surface area contributed by atoms with E-state index in [9.17, 15) is 4.79 Å². The Hall–Kier alpha value is -1.62. The van der Waals surface area contributed by atoms with E-state index in [2.05, 4.69) is 24.1 Å². The third kappa shape index (κ3) is 7.09. The standard InChI is InChI=1S/C16H26N2O3/c1-11(2)15(19)10-20-14-6-7-16(18-9-14)21-13(5)8-17-12(3)4/h6-7,9,11-13,17H,8,10H2,1-5H3/t13-/m0/s1. The SMILES string of the molecule is CC(C)NC[C@H](C)Oc1ccc(OCC(=O)C(C)C)cn1. The van der Waals surface area contributed by atoms with Gasteiger partial charge in [-0.15, -0.1) is 0 Å². The van der Waals surface area contributed by atoms with Gasteiger partial charge in [0.2, 0.25) is 5.88 Å². The molecule has 1 N–H and O–H groups in total. The second-order valence-corrected chi connectivity index (χ2v) is 5.73. The average molecular weight is 294 g/mol. The maximum absolute atomic E-state index is 11.5. The number of hydrogen-bond acceptors (Lipinski definition) is 5. The topological polar surface area (TPSA) is 60.5 Å². The van der Waals surface area contributed by atoms with Crippen molar-refractivity contribution in [1.82, 2.24) is 10.3 Å². The van der Waals surface area contributed by atoms with Gasteiger partial charge >= 0.3 is 0 Å². The van der Waals surface area contributed by atoms with Gasteiger partial charge in [0.1, 0.15) is 18.5 Å². The van der Waals surface area contributed by atoms with Gasteiger partial charge in [-0.1, -0.05) is 27.7 Å². The number of pyridine rings is 1. The van der Waals surface area contributed by atoms with Crippen molar-refractivity contribution in [3.8, 4) is 11.6 Å². The molecule has 0 radical (unpaired) electrons. The van der Waals surface area contributed by atoms with Gasteiger partial charge in [0.05, 0.1) is 6.20 Å². The van der Waals surface area contributed by atoms with Crippen molar-refractivity contribution in [2.24, 2.45) is 5.92 Å². The third-order valence-corrected chi connectivity index (χ3v) is 2.87. The van der Waals surface area contributed by atoms with Crippen LogP contribution in [0.2, 0.25) is 0 Å². The minimum absolute atomic E-state index is 0.0186. The molecule has 0 spiro atoms. The van der Waals surface area contributed by atoms with E-state index in [1.165, 1.54) is 0 Å². The van der Waals surface area contributed by atoms with Gasteiger partial charge in [-0.3, -0.25) is 4.79 Å². The van der Waals surface area contributed by atoms with Crippen LogP contribution < -0.4 is 14.8 Å². The minimum atomic E-state index is -0.0186. The second kappa shape index (κ2) is 8.62. The molecule has 1 atom stereocenters. The molecule has 0 saturated carbocycles. The van der Waals surface area contributed by atoms with E-state index in [0.717, 1.165) is 6.54 Å². The lowest BCUT2D eigenvalue weighted by Crippen LogP contribution is -2.33. The zero-order valence-corrected chi connectivity index (χ0v) is 13.6. The van der Waals surface area contributed by atoms with Gasteiger partial charge in [0.15, 0.2) is 5.78 Å². The van der Waals surface area contributed by atoms with Crippen LogP contribution in [-0.4, -0.2) is 36.1 Å². The predicted octanol–water partition coefficient (Wildman–Crippen LogP) is 2.45. The minimum Gasteiger partial charge on any atom is -0.484 e. The van der Waals surface area contributed by atoms with Crippen LogP contribution in [0.5, 0.6) is 11.6 Å². The van der Waals surface area contributed by atoms with Crippen LogP contribution in [0.25, 0.3) is 0 Å². The molecular formula is C16H26N2O3.